The number of rotatable bonds is 13. The van der Waals surface area contributed by atoms with Crippen LogP contribution in [0.1, 0.15) is 39.2 Å². The number of allylic oxidation sites excluding steroid dienone is 1. The molecular weight excluding hydrogens is 584 g/mol. The summed E-state index contributed by atoms with van der Waals surface area (Å²) in [7, 11) is 0. The fourth-order valence-electron chi connectivity index (χ4n) is 4.55. The molecule has 0 aromatic heterocycles. The highest BCUT2D eigenvalue weighted by Crippen LogP contribution is 2.31. The monoisotopic (exact) mass is 624 g/mol. The summed E-state index contributed by atoms with van der Waals surface area (Å²) in [5, 5.41) is 61.6. The molecule has 2 aliphatic heterocycles. The SMILES string of the molecule is CC(=O)C(=O)CCC(C)=CCOC1OC(CO)C(OC(=O)C=Cc2ccc(O)cc2)C(OC2OC(C)C(O)C(O)C2O)C1O. The lowest BCUT2D eigenvalue weighted by molar-refractivity contribution is -0.356. The molecule has 0 aliphatic carbocycles. The van der Waals surface area contributed by atoms with Crippen molar-refractivity contribution in [3.8, 4) is 5.75 Å². The van der Waals surface area contributed by atoms with Gasteiger partial charge in [-0.05, 0) is 44.0 Å². The van der Waals surface area contributed by atoms with E-state index in [0.717, 1.165) is 11.6 Å². The first-order chi connectivity index (χ1) is 20.8. The first kappa shape index (κ1) is 35.4. The van der Waals surface area contributed by atoms with Gasteiger partial charge in [0.1, 0.15) is 42.4 Å². The van der Waals surface area contributed by atoms with Gasteiger partial charge >= 0.3 is 5.97 Å². The summed E-state index contributed by atoms with van der Waals surface area (Å²) >= 11 is 0. The van der Waals surface area contributed by atoms with Crippen molar-refractivity contribution < 1.29 is 68.7 Å². The van der Waals surface area contributed by atoms with E-state index in [-0.39, 0.29) is 18.8 Å². The number of phenolic OH excluding ortho intramolecular Hbond substituents is 1. The van der Waals surface area contributed by atoms with Crippen LogP contribution in [0.3, 0.4) is 0 Å². The number of ether oxygens (including phenoxy) is 5. The molecule has 2 aliphatic rings. The maximum absolute atomic E-state index is 12.8. The Hall–Kier alpha value is -3.05. The first-order valence-corrected chi connectivity index (χ1v) is 14.1. The molecule has 14 nitrogen and oxygen atoms in total. The van der Waals surface area contributed by atoms with E-state index in [1.807, 2.05) is 0 Å². The molecule has 0 amide bonds. The number of carbonyl (C=O) groups is 3. The molecule has 1 aromatic rings. The third kappa shape index (κ3) is 9.47. The predicted molar refractivity (Wildman–Crippen MR) is 151 cm³/mol. The van der Waals surface area contributed by atoms with Crippen LogP contribution in [0.15, 0.2) is 42.0 Å². The van der Waals surface area contributed by atoms with E-state index in [0.29, 0.717) is 12.0 Å². The van der Waals surface area contributed by atoms with Gasteiger partial charge in [-0.1, -0.05) is 23.8 Å². The van der Waals surface area contributed by atoms with Gasteiger partial charge in [-0.15, -0.1) is 0 Å². The zero-order valence-electron chi connectivity index (χ0n) is 24.6. The van der Waals surface area contributed by atoms with E-state index in [2.05, 4.69) is 0 Å². The normalized spacial score (nSPS) is 32.9. The lowest BCUT2D eigenvalue weighted by Crippen LogP contribution is -2.65. The third-order valence-corrected chi connectivity index (χ3v) is 7.28. The second kappa shape index (κ2) is 16.3. The third-order valence-electron chi connectivity index (χ3n) is 7.28. The maximum Gasteiger partial charge on any atom is 0.331 e. The summed E-state index contributed by atoms with van der Waals surface area (Å²) in [5.41, 5.74) is 1.29. The molecule has 0 radical (unpaired) electrons. The van der Waals surface area contributed by atoms with Gasteiger partial charge in [-0.3, -0.25) is 9.59 Å². The average molecular weight is 625 g/mol. The van der Waals surface area contributed by atoms with E-state index in [1.54, 1.807) is 25.1 Å². The van der Waals surface area contributed by atoms with Gasteiger partial charge in [0.25, 0.3) is 0 Å². The quantitative estimate of drug-likeness (QED) is 0.0706. The standard InChI is InChI=1S/C30H40O14/c1-15(4-10-20(34)16(2)32)12-13-40-29-26(39)28(44-30-25(38)24(37)23(36)17(3)41-30)27(21(14-31)42-29)43-22(35)11-7-18-5-8-19(33)9-6-18/h5-9,11-12,17,21,23-31,33,36-39H,4,10,13-14H2,1-3H3. The van der Waals surface area contributed by atoms with Crippen molar-refractivity contribution >= 4 is 23.6 Å². The molecule has 3 rings (SSSR count). The highest BCUT2D eigenvalue weighted by atomic mass is 16.7. The number of aromatic hydroxyl groups is 1. The summed E-state index contributed by atoms with van der Waals surface area (Å²) < 4.78 is 28.2. The van der Waals surface area contributed by atoms with Crippen LogP contribution >= 0.6 is 0 Å². The van der Waals surface area contributed by atoms with E-state index in [1.165, 1.54) is 32.1 Å². The summed E-state index contributed by atoms with van der Waals surface area (Å²) in [6.45, 7) is 3.53. The van der Waals surface area contributed by atoms with Gasteiger partial charge in [-0.25, -0.2) is 4.79 Å². The number of ketones is 2. The van der Waals surface area contributed by atoms with Crippen LogP contribution in [-0.2, 0) is 38.1 Å². The lowest BCUT2D eigenvalue weighted by atomic mass is 9.97. The summed E-state index contributed by atoms with van der Waals surface area (Å²) in [4.78, 5) is 35.5. The zero-order valence-corrected chi connectivity index (χ0v) is 24.6. The molecule has 2 heterocycles. The first-order valence-electron chi connectivity index (χ1n) is 14.1. The second-order valence-corrected chi connectivity index (χ2v) is 10.7. The van der Waals surface area contributed by atoms with E-state index < -0.39 is 85.6 Å². The van der Waals surface area contributed by atoms with Crippen LogP contribution in [0.25, 0.3) is 6.08 Å². The molecule has 244 valence electrons. The smallest absolute Gasteiger partial charge is 0.331 e. The van der Waals surface area contributed by atoms with Crippen molar-refractivity contribution in [3.05, 3.63) is 47.6 Å². The van der Waals surface area contributed by atoms with Crippen LogP contribution in [-0.4, -0.2) is 123 Å². The molecule has 0 spiro atoms. The predicted octanol–water partition coefficient (Wildman–Crippen LogP) is -0.491. The number of hydrogen-bond donors (Lipinski definition) is 6. The summed E-state index contributed by atoms with van der Waals surface area (Å²) in [5.74, 6) is -1.91. The minimum absolute atomic E-state index is 0.0274. The number of phenols is 1. The Labute approximate surface area is 254 Å². The molecule has 2 fully saturated rings. The van der Waals surface area contributed by atoms with Crippen molar-refractivity contribution in [1.29, 1.82) is 0 Å². The molecule has 10 unspecified atom stereocenters. The second-order valence-electron chi connectivity index (χ2n) is 10.7. The van der Waals surface area contributed by atoms with E-state index in [4.69, 9.17) is 23.7 Å². The maximum atomic E-state index is 12.8. The highest BCUT2D eigenvalue weighted by Gasteiger charge is 2.52. The van der Waals surface area contributed by atoms with Crippen LogP contribution in [0.2, 0.25) is 0 Å². The van der Waals surface area contributed by atoms with Gasteiger partial charge in [-0.2, -0.15) is 0 Å². The number of aliphatic hydroxyl groups is 5. The fourth-order valence-corrected chi connectivity index (χ4v) is 4.55. The Bertz CT molecular complexity index is 1180. The summed E-state index contributed by atoms with van der Waals surface area (Å²) in [6.07, 6.45) is -10.4. The van der Waals surface area contributed by atoms with Gasteiger partial charge in [0, 0.05) is 19.4 Å². The Morgan fingerprint density at radius 2 is 1.57 bits per heavy atom. The van der Waals surface area contributed by atoms with Crippen molar-refractivity contribution in [3.63, 3.8) is 0 Å². The number of aliphatic hydroxyl groups excluding tert-OH is 5. The molecule has 2 saturated heterocycles. The average Bonchev–Trinajstić information content (AvgIpc) is 2.99. The van der Waals surface area contributed by atoms with Crippen molar-refractivity contribution in [2.24, 2.45) is 0 Å². The number of esters is 1. The molecule has 10 atom stereocenters. The Balaban J connectivity index is 1.78. The van der Waals surface area contributed by atoms with E-state index >= 15 is 0 Å². The van der Waals surface area contributed by atoms with Crippen molar-refractivity contribution in [2.45, 2.75) is 95.0 Å². The Kier molecular flexibility index (Phi) is 13.1. The van der Waals surface area contributed by atoms with E-state index in [9.17, 15) is 45.0 Å². The lowest BCUT2D eigenvalue weighted by Gasteiger charge is -2.46. The van der Waals surface area contributed by atoms with Crippen LogP contribution < -0.4 is 0 Å². The molecule has 1 aromatic carbocycles. The van der Waals surface area contributed by atoms with Gasteiger partial charge in [0.2, 0.25) is 0 Å². The molecule has 44 heavy (non-hydrogen) atoms. The van der Waals surface area contributed by atoms with Crippen LogP contribution in [0.5, 0.6) is 5.75 Å². The van der Waals surface area contributed by atoms with Gasteiger partial charge in [0.05, 0.1) is 19.3 Å². The Morgan fingerprint density at radius 1 is 0.886 bits per heavy atom. The minimum Gasteiger partial charge on any atom is -0.508 e. The topological polar surface area (TPSA) is 219 Å². The molecule has 0 saturated carbocycles. The van der Waals surface area contributed by atoms with Gasteiger partial charge < -0.3 is 54.3 Å². The number of benzene rings is 1. The highest BCUT2D eigenvalue weighted by molar-refractivity contribution is 6.36. The molecule has 6 N–H and O–H groups in total. The van der Waals surface area contributed by atoms with Crippen LogP contribution in [0, 0.1) is 0 Å². The minimum atomic E-state index is -1.75. The summed E-state index contributed by atoms with van der Waals surface area (Å²) in [6, 6.07) is 5.95. The number of Topliss-reactive ketones (excluding diaryl/α,β-unsaturated/α-hetero) is 2. The molecule has 14 heteroatoms. The molecule has 0 bridgehead atoms. The largest absolute Gasteiger partial charge is 0.508 e. The van der Waals surface area contributed by atoms with Crippen molar-refractivity contribution in [1.82, 2.24) is 0 Å². The fraction of sp³-hybridized carbons (Fsp3) is 0.567. The molecular formula is C30H40O14. The number of carbonyl (C=O) groups excluding carboxylic acids is 3. The van der Waals surface area contributed by atoms with Gasteiger partial charge in [0.15, 0.2) is 30.3 Å². The van der Waals surface area contributed by atoms with Crippen LogP contribution in [0.4, 0.5) is 0 Å². The number of hydrogen-bond acceptors (Lipinski definition) is 14. The Morgan fingerprint density at radius 3 is 2.20 bits per heavy atom. The zero-order chi connectivity index (χ0) is 32.6. The van der Waals surface area contributed by atoms with Crippen molar-refractivity contribution in [2.75, 3.05) is 13.2 Å².